The molecule has 0 bridgehead atoms. The summed E-state index contributed by atoms with van der Waals surface area (Å²) in [5.74, 6) is -1.22. The van der Waals surface area contributed by atoms with Gasteiger partial charge in [0.1, 0.15) is 11.4 Å². The first-order valence-corrected chi connectivity index (χ1v) is 16.7. The molecule has 14 heteroatoms. The van der Waals surface area contributed by atoms with Gasteiger partial charge >= 0.3 is 13.8 Å². The van der Waals surface area contributed by atoms with E-state index in [9.17, 15) is 32.4 Å². The van der Waals surface area contributed by atoms with Crippen molar-refractivity contribution in [3.8, 4) is 5.75 Å². The monoisotopic (exact) mass is 641 g/mol. The molecular weight excluding hydrogens is 602 g/mol. The Morgan fingerprint density at radius 3 is 2.48 bits per heavy atom. The Kier molecular flexibility index (Phi) is 10.8. The number of piperidine rings is 2. The minimum absolute atomic E-state index is 0.0570. The Balaban J connectivity index is 1.46. The number of ether oxygens (including phenoxy) is 1. The Morgan fingerprint density at radius 2 is 1.82 bits per heavy atom. The molecule has 3 heterocycles. The van der Waals surface area contributed by atoms with Gasteiger partial charge in [0.2, 0.25) is 5.91 Å². The van der Waals surface area contributed by atoms with E-state index in [4.69, 9.17) is 14.5 Å². The molecule has 3 N–H and O–H groups in total. The maximum Gasteiger partial charge on any atom is 0.418 e. The van der Waals surface area contributed by atoms with Gasteiger partial charge < -0.3 is 29.4 Å². The zero-order valence-corrected chi connectivity index (χ0v) is 25.5. The van der Waals surface area contributed by atoms with Crippen molar-refractivity contribution in [1.82, 2.24) is 14.8 Å². The molecule has 0 aliphatic carbocycles. The minimum Gasteiger partial charge on any atom is -0.493 e. The molecule has 2 aliphatic rings. The van der Waals surface area contributed by atoms with Crippen molar-refractivity contribution in [3.05, 3.63) is 59.4 Å². The first-order valence-electron chi connectivity index (χ1n) is 14.9. The Bertz CT molecular complexity index is 1360. The van der Waals surface area contributed by atoms with E-state index >= 15 is 0 Å². The number of hydrogen-bond donors (Lipinski definition) is 3. The lowest BCUT2D eigenvalue weighted by Gasteiger charge is -2.45. The van der Waals surface area contributed by atoms with E-state index in [1.54, 1.807) is 29.2 Å². The molecule has 44 heavy (non-hydrogen) atoms. The number of carbonyl (C=O) groups is 2. The zero-order valence-electron chi connectivity index (χ0n) is 24.6. The first kappa shape index (κ1) is 33.9. The minimum atomic E-state index is -4.75. The van der Waals surface area contributed by atoms with Crippen molar-refractivity contribution >= 4 is 19.4 Å². The smallest absolute Gasteiger partial charge is 0.418 e. The van der Waals surface area contributed by atoms with Crippen molar-refractivity contribution < 1.29 is 47.0 Å². The summed E-state index contributed by atoms with van der Waals surface area (Å²) in [7, 11) is -4.15. The van der Waals surface area contributed by atoms with Gasteiger partial charge in [0.05, 0.1) is 29.9 Å². The van der Waals surface area contributed by atoms with Crippen LogP contribution < -0.4 is 4.74 Å². The van der Waals surface area contributed by atoms with Crippen LogP contribution in [0.25, 0.3) is 0 Å². The fraction of sp³-hybridized carbons (Fsp3) is 0.567. The van der Waals surface area contributed by atoms with Crippen LogP contribution in [0.3, 0.4) is 0 Å². The van der Waals surface area contributed by atoms with Crippen LogP contribution in [0.4, 0.5) is 13.2 Å². The topological polar surface area (TPSA) is 140 Å². The number of halogens is 3. The average Bonchev–Trinajstić information content (AvgIpc) is 2.98. The summed E-state index contributed by atoms with van der Waals surface area (Å²) in [6.45, 7) is 2.63. The average molecular weight is 642 g/mol. The van der Waals surface area contributed by atoms with E-state index in [1.165, 1.54) is 4.90 Å². The number of para-hydroxylation sites is 1. The quantitative estimate of drug-likeness (QED) is 0.253. The van der Waals surface area contributed by atoms with Crippen LogP contribution in [0, 0.1) is 5.92 Å². The number of hydrogen-bond acceptors (Lipinski definition) is 6. The van der Waals surface area contributed by atoms with Gasteiger partial charge in [-0.3, -0.25) is 19.1 Å². The van der Waals surface area contributed by atoms with Crippen LogP contribution in [0.5, 0.6) is 5.75 Å². The molecular formula is C30H39F3N3O7P. The number of benzene rings is 1. The van der Waals surface area contributed by atoms with E-state index < -0.39 is 48.5 Å². The predicted octanol–water partition coefficient (Wildman–Crippen LogP) is 4.58. The summed E-state index contributed by atoms with van der Waals surface area (Å²) in [5, 5.41) is 11.6. The highest BCUT2D eigenvalue weighted by molar-refractivity contribution is 7.51. The second-order valence-electron chi connectivity index (χ2n) is 11.4. The second kappa shape index (κ2) is 14.0. The SMILES string of the molecule is CCCC1C(C(=O)N2CCC(O)(c3ccccc3OCCCP(=O)(O)O)CC2)CCCN1C(=O)c1ncccc1C(F)(F)F. The van der Waals surface area contributed by atoms with Gasteiger partial charge in [-0.15, -0.1) is 0 Å². The van der Waals surface area contributed by atoms with Crippen LogP contribution in [-0.4, -0.2) is 79.9 Å². The number of nitrogens with zero attached hydrogens (tertiary/aromatic N) is 3. The van der Waals surface area contributed by atoms with Crippen molar-refractivity contribution in [2.75, 3.05) is 32.4 Å². The lowest BCUT2D eigenvalue weighted by molar-refractivity contribution is -0.144. The number of aromatic nitrogens is 1. The molecule has 1 aromatic heterocycles. The van der Waals surface area contributed by atoms with Gasteiger partial charge in [0.25, 0.3) is 5.91 Å². The second-order valence-corrected chi connectivity index (χ2v) is 13.2. The number of likely N-dealkylation sites (tertiary alicyclic amines) is 2. The van der Waals surface area contributed by atoms with Crippen LogP contribution in [0.15, 0.2) is 42.6 Å². The van der Waals surface area contributed by atoms with Gasteiger partial charge in [-0.05, 0) is 56.7 Å². The summed E-state index contributed by atoms with van der Waals surface area (Å²) in [6.07, 6.45) is -1.34. The molecule has 2 amide bonds. The maximum absolute atomic E-state index is 13.9. The summed E-state index contributed by atoms with van der Waals surface area (Å²) in [4.78, 5) is 52.3. The molecule has 0 saturated carbocycles. The van der Waals surface area contributed by atoms with Gasteiger partial charge in [-0.2, -0.15) is 13.2 Å². The third-order valence-corrected chi connectivity index (χ3v) is 9.30. The summed E-state index contributed by atoms with van der Waals surface area (Å²) in [6, 6.07) is 8.28. The maximum atomic E-state index is 13.9. The lowest BCUT2D eigenvalue weighted by atomic mass is 9.81. The number of rotatable bonds is 10. The van der Waals surface area contributed by atoms with E-state index in [-0.39, 0.29) is 57.6 Å². The highest BCUT2D eigenvalue weighted by atomic mass is 31.2. The van der Waals surface area contributed by atoms with Crippen molar-refractivity contribution in [3.63, 3.8) is 0 Å². The van der Waals surface area contributed by atoms with Crippen LogP contribution in [0.1, 0.15) is 73.5 Å². The molecule has 4 rings (SSSR count). The Hall–Kier alpha value is -2.99. The van der Waals surface area contributed by atoms with Crippen LogP contribution in [0.2, 0.25) is 0 Å². The van der Waals surface area contributed by atoms with Crippen LogP contribution >= 0.6 is 7.60 Å². The third kappa shape index (κ3) is 7.99. The Labute approximate surface area is 254 Å². The number of amides is 2. The van der Waals surface area contributed by atoms with Gasteiger partial charge in [-0.25, -0.2) is 0 Å². The van der Waals surface area contributed by atoms with Crippen molar-refractivity contribution in [2.24, 2.45) is 5.92 Å². The molecule has 0 radical (unpaired) electrons. The Morgan fingerprint density at radius 1 is 1.11 bits per heavy atom. The molecule has 10 nitrogen and oxygen atoms in total. The lowest BCUT2D eigenvalue weighted by Crippen LogP contribution is -2.55. The van der Waals surface area contributed by atoms with Gasteiger partial charge in [0.15, 0.2) is 0 Å². The molecule has 2 saturated heterocycles. The number of pyridine rings is 1. The molecule has 2 aliphatic heterocycles. The standard InChI is InChI=1S/C30H39F3N3O7P/c1-2-8-24-21(9-6-16-36(24)28(38)26-23(30(31,32)33)11-5-15-34-26)27(37)35-17-13-29(39,14-18-35)22-10-3-4-12-25(22)43-19-7-20-44(40,41)42/h3-5,10-12,15,21,24,39H,2,6-9,13-14,16-20H2,1H3,(H2,40,41,42). The number of carbonyl (C=O) groups excluding carboxylic acids is 2. The van der Waals surface area contributed by atoms with Gasteiger partial charge in [0, 0.05) is 37.4 Å². The number of alkyl halides is 3. The van der Waals surface area contributed by atoms with E-state index in [0.717, 1.165) is 18.3 Å². The fourth-order valence-electron chi connectivity index (χ4n) is 6.22. The highest BCUT2D eigenvalue weighted by Crippen LogP contribution is 2.40. The molecule has 2 atom stereocenters. The molecule has 242 valence electrons. The number of aliphatic hydroxyl groups is 1. The molecule has 1 aromatic carbocycles. The molecule has 2 aromatic rings. The summed E-state index contributed by atoms with van der Waals surface area (Å²) >= 11 is 0. The zero-order chi connectivity index (χ0) is 32.1. The third-order valence-electron chi connectivity index (χ3n) is 8.40. The van der Waals surface area contributed by atoms with E-state index in [1.807, 2.05) is 6.92 Å². The van der Waals surface area contributed by atoms with Gasteiger partial charge in [-0.1, -0.05) is 31.5 Å². The molecule has 2 unspecified atom stereocenters. The normalized spacial score (nSPS) is 20.8. The fourth-order valence-corrected chi connectivity index (χ4v) is 6.76. The van der Waals surface area contributed by atoms with E-state index in [0.29, 0.717) is 37.0 Å². The van der Waals surface area contributed by atoms with Crippen molar-refractivity contribution in [2.45, 2.75) is 69.7 Å². The summed E-state index contributed by atoms with van der Waals surface area (Å²) in [5.41, 5.74) is -2.55. The first-order chi connectivity index (χ1) is 20.7. The predicted molar refractivity (Wildman–Crippen MR) is 155 cm³/mol. The largest absolute Gasteiger partial charge is 0.493 e. The van der Waals surface area contributed by atoms with E-state index in [2.05, 4.69) is 4.98 Å². The highest BCUT2D eigenvalue weighted by Gasteiger charge is 2.45. The van der Waals surface area contributed by atoms with Crippen LogP contribution in [-0.2, 0) is 21.1 Å². The molecule has 0 spiro atoms. The molecule has 2 fully saturated rings. The summed E-state index contributed by atoms with van der Waals surface area (Å²) < 4.78 is 57.9. The van der Waals surface area contributed by atoms with Crippen molar-refractivity contribution in [1.29, 1.82) is 0 Å².